The summed E-state index contributed by atoms with van der Waals surface area (Å²) in [6, 6.07) is 1.77. The molecule has 0 saturated carbocycles. The molecule has 1 atom stereocenters. The fraction of sp³-hybridized carbons (Fsp3) is 0.615. The van der Waals surface area contributed by atoms with Gasteiger partial charge in [0.2, 0.25) is 11.8 Å². The van der Waals surface area contributed by atoms with E-state index in [0.29, 0.717) is 17.5 Å². The molecule has 1 aromatic rings. The minimum Gasteiger partial charge on any atom is -0.360 e. The van der Waals surface area contributed by atoms with Crippen molar-refractivity contribution in [3.8, 4) is 0 Å². The number of carbonyl (C=O) groups excluding carboxylic acids is 2. The molecule has 2 N–H and O–H groups in total. The molecule has 0 saturated heterocycles. The van der Waals surface area contributed by atoms with Crippen LogP contribution in [0.2, 0.25) is 0 Å². The lowest BCUT2D eigenvalue weighted by Crippen LogP contribution is -2.37. The summed E-state index contributed by atoms with van der Waals surface area (Å²) in [7, 11) is 0. The Hall–Kier alpha value is -1.50. The van der Waals surface area contributed by atoms with Gasteiger partial charge in [-0.2, -0.15) is 0 Å². The molecule has 112 valence electrons. The van der Waals surface area contributed by atoms with Crippen molar-refractivity contribution in [2.24, 2.45) is 5.92 Å². The lowest BCUT2D eigenvalue weighted by atomic mass is 10.1. The van der Waals surface area contributed by atoms with E-state index in [4.69, 9.17) is 4.52 Å². The third-order valence-electron chi connectivity index (χ3n) is 2.75. The smallest absolute Gasteiger partial charge is 0.235 e. The molecule has 20 heavy (non-hydrogen) atoms. The van der Waals surface area contributed by atoms with E-state index >= 15 is 0 Å². The standard InChI is InChI=1S/C13H21N3O3S/c1-8(2)10(4)14-12(17)6-20-7-13(18)15-11-5-9(3)19-16-11/h5,8,10H,6-7H2,1-4H3,(H,14,17)(H,15,16,18)/t10-/m0/s1. The van der Waals surface area contributed by atoms with E-state index in [1.807, 2.05) is 20.8 Å². The lowest BCUT2D eigenvalue weighted by Gasteiger charge is -2.17. The summed E-state index contributed by atoms with van der Waals surface area (Å²) in [4.78, 5) is 23.2. The molecule has 0 unspecified atom stereocenters. The Kier molecular flexibility index (Phi) is 6.57. The molecule has 0 aliphatic heterocycles. The van der Waals surface area contributed by atoms with Gasteiger partial charge in [0.1, 0.15) is 5.76 Å². The number of amides is 2. The Morgan fingerprint density at radius 3 is 2.50 bits per heavy atom. The van der Waals surface area contributed by atoms with E-state index in [-0.39, 0.29) is 29.4 Å². The second-order valence-electron chi connectivity index (χ2n) is 4.96. The van der Waals surface area contributed by atoms with Gasteiger partial charge in [-0.05, 0) is 19.8 Å². The second kappa shape index (κ2) is 7.94. The van der Waals surface area contributed by atoms with E-state index in [1.54, 1.807) is 13.0 Å². The van der Waals surface area contributed by atoms with Gasteiger partial charge in [0.25, 0.3) is 0 Å². The van der Waals surface area contributed by atoms with E-state index in [1.165, 1.54) is 11.8 Å². The molecule has 0 aromatic carbocycles. The van der Waals surface area contributed by atoms with Crippen LogP contribution in [0.15, 0.2) is 10.6 Å². The van der Waals surface area contributed by atoms with Crippen LogP contribution in [0.3, 0.4) is 0 Å². The van der Waals surface area contributed by atoms with Gasteiger partial charge >= 0.3 is 0 Å². The van der Waals surface area contributed by atoms with Crippen LogP contribution in [-0.4, -0.2) is 34.5 Å². The van der Waals surface area contributed by atoms with Gasteiger partial charge in [-0.1, -0.05) is 19.0 Å². The molecule has 1 aromatic heterocycles. The quantitative estimate of drug-likeness (QED) is 0.802. The van der Waals surface area contributed by atoms with Gasteiger partial charge in [-0.3, -0.25) is 9.59 Å². The molecule has 0 spiro atoms. The predicted octanol–water partition coefficient (Wildman–Crippen LogP) is 1.82. The van der Waals surface area contributed by atoms with Crippen molar-refractivity contribution in [3.63, 3.8) is 0 Å². The maximum absolute atomic E-state index is 11.6. The molecule has 0 aliphatic rings. The maximum atomic E-state index is 11.6. The Morgan fingerprint density at radius 1 is 1.30 bits per heavy atom. The number of thioether (sulfide) groups is 1. The zero-order valence-electron chi connectivity index (χ0n) is 12.2. The number of aromatic nitrogens is 1. The van der Waals surface area contributed by atoms with Gasteiger partial charge in [0.15, 0.2) is 5.82 Å². The van der Waals surface area contributed by atoms with Gasteiger partial charge in [0.05, 0.1) is 11.5 Å². The third-order valence-corrected chi connectivity index (χ3v) is 3.68. The van der Waals surface area contributed by atoms with Crippen LogP contribution in [0.4, 0.5) is 5.82 Å². The monoisotopic (exact) mass is 299 g/mol. The molecule has 2 amide bonds. The first-order valence-corrected chi connectivity index (χ1v) is 7.64. The van der Waals surface area contributed by atoms with Gasteiger partial charge in [-0.25, -0.2) is 0 Å². The largest absolute Gasteiger partial charge is 0.360 e. The van der Waals surface area contributed by atoms with Crippen LogP contribution in [0.25, 0.3) is 0 Å². The topological polar surface area (TPSA) is 84.2 Å². The average molecular weight is 299 g/mol. The molecule has 0 fully saturated rings. The zero-order valence-corrected chi connectivity index (χ0v) is 13.0. The number of hydrogen-bond acceptors (Lipinski definition) is 5. The van der Waals surface area contributed by atoms with E-state index in [2.05, 4.69) is 15.8 Å². The highest BCUT2D eigenvalue weighted by Gasteiger charge is 2.12. The number of anilines is 1. The van der Waals surface area contributed by atoms with Crippen LogP contribution in [0.5, 0.6) is 0 Å². The minimum atomic E-state index is -0.201. The lowest BCUT2D eigenvalue weighted by molar-refractivity contribution is -0.119. The third kappa shape index (κ3) is 6.10. The molecule has 0 aliphatic carbocycles. The van der Waals surface area contributed by atoms with Gasteiger partial charge < -0.3 is 15.2 Å². The summed E-state index contributed by atoms with van der Waals surface area (Å²) in [5.41, 5.74) is 0. The molecular formula is C13H21N3O3S. The van der Waals surface area contributed by atoms with Crippen LogP contribution in [0.1, 0.15) is 26.5 Å². The Labute approximate surface area is 123 Å². The highest BCUT2D eigenvalue weighted by atomic mass is 32.2. The summed E-state index contributed by atoms with van der Waals surface area (Å²) in [6.45, 7) is 7.81. The highest BCUT2D eigenvalue weighted by molar-refractivity contribution is 8.00. The first-order chi connectivity index (χ1) is 9.38. The molecule has 6 nitrogen and oxygen atoms in total. The fourth-order valence-electron chi connectivity index (χ4n) is 1.30. The van der Waals surface area contributed by atoms with Crippen LogP contribution >= 0.6 is 11.8 Å². The summed E-state index contributed by atoms with van der Waals surface area (Å²) >= 11 is 1.27. The van der Waals surface area contributed by atoms with E-state index < -0.39 is 0 Å². The number of aryl methyl sites for hydroxylation is 1. The first kappa shape index (κ1) is 16.6. The van der Waals surface area contributed by atoms with Gasteiger partial charge in [-0.15, -0.1) is 11.8 Å². The van der Waals surface area contributed by atoms with Crippen molar-refractivity contribution in [1.29, 1.82) is 0 Å². The number of carbonyl (C=O) groups is 2. The van der Waals surface area contributed by atoms with Crippen LogP contribution in [-0.2, 0) is 9.59 Å². The summed E-state index contributed by atoms with van der Waals surface area (Å²) in [6.07, 6.45) is 0. The van der Waals surface area contributed by atoms with Crippen LogP contribution in [0, 0.1) is 12.8 Å². The number of hydrogen-bond donors (Lipinski definition) is 2. The fourth-order valence-corrected chi connectivity index (χ4v) is 1.93. The molecule has 0 bridgehead atoms. The number of rotatable bonds is 7. The second-order valence-corrected chi connectivity index (χ2v) is 5.95. The molecule has 0 radical (unpaired) electrons. The normalized spacial score (nSPS) is 12.2. The molecular weight excluding hydrogens is 278 g/mol. The minimum absolute atomic E-state index is 0.0544. The van der Waals surface area contributed by atoms with Crippen molar-refractivity contribution < 1.29 is 14.1 Å². The Balaban J connectivity index is 2.20. The SMILES string of the molecule is Cc1cc(NC(=O)CSCC(=O)N[C@@H](C)C(C)C)no1. The molecule has 1 heterocycles. The van der Waals surface area contributed by atoms with E-state index in [9.17, 15) is 9.59 Å². The van der Waals surface area contributed by atoms with Gasteiger partial charge in [0, 0.05) is 12.1 Å². The maximum Gasteiger partial charge on any atom is 0.235 e. The first-order valence-electron chi connectivity index (χ1n) is 6.48. The molecule has 1 rings (SSSR count). The van der Waals surface area contributed by atoms with Crippen LogP contribution < -0.4 is 10.6 Å². The summed E-state index contributed by atoms with van der Waals surface area (Å²) in [5, 5.41) is 9.15. The zero-order chi connectivity index (χ0) is 15.1. The van der Waals surface area contributed by atoms with E-state index in [0.717, 1.165) is 0 Å². The number of nitrogens with one attached hydrogen (secondary N) is 2. The Morgan fingerprint density at radius 2 is 1.95 bits per heavy atom. The van der Waals surface area contributed by atoms with Crippen molar-refractivity contribution >= 4 is 29.4 Å². The van der Waals surface area contributed by atoms with Crippen molar-refractivity contribution in [3.05, 3.63) is 11.8 Å². The summed E-state index contributed by atoms with van der Waals surface area (Å²) in [5.74, 6) is 1.63. The van der Waals surface area contributed by atoms with Crippen molar-refractivity contribution in [2.45, 2.75) is 33.7 Å². The highest BCUT2D eigenvalue weighted by Crippen LogP contribution is 2.08. The predicted molar refractivity (Wildman–Crippen MR) is 79.6 cm³/mol. The van der Waals surface area contributed by atoms with Crippen molar-refractivity contribution in [1.82, 2.24) is 10.5 Å². The summed E-state index contributed by atoms with van der Waals surface area (Å²) < 4.78 is 4.84. The van der Waals surface area contributed by atoms with Crippen molar-refractivity contribution in [2.75, 3.05) is 16.8 Å². The average Bonchev–Trinajstić information content (AvgIpc) is 2.74. The number of nitrogens with zero attached hydrogens (tertiary/aromatic N) is 1. The molecule has 7 heteroatoms. The Bertz CT molecular complexity index is 459.